The first kappa shape index (κ1) is 18.3. The zero-order chi connectivity index (χ0) is 18.8. The first-order valence-electron chi connectivity index (χ1n) is 8.43. The fourth-order valence-corrected chi connectivity index (χ4v) is 3.89. The molecule has 0 aliphatic heterocycles. The van der Waals surface area contributed by atoms with Crippen LogP contribution in [0.1, 0.15) is 29.8 Å². The van der Waals surface area contributed by atoms with Crippen LogP contribution in [0, 0.1) is 13.8 Å². The third kappa shape index (κ3) is 3.53. The van der Waals surface area contributed by atoms with Gasteiger partial charge in [-0.3, -0.25) is 9.48 Å². The van der Waals surface area contributed by atoms with Crippen molar-refractivity contribution in [3.05, 3.63) is 53.6 Å². The Balaban J connectivity index is 1.82. The number of nitrogens with one attached hydrogen (secondary N) is 1. The third-order valence-corrected chi connectivity index (χ3v) is 5.67. The summed E-state index contributed by atoms with van der Waals surface area (Å²) in [4.78, 5) is 18.2. The van der Waals surface area contributed by atoms with Crippen LogP contribution in [0.15, 0.2) is 46.7 Å². The molecule has 2 heterocycles. The highest BCUT2D eigenvalue weighted by molar-refractivity contribution is 7.99. The van der Waals surface area contributed by atoms with Gasteiger partial charge in [-0.2, -0.15) is 5.10 Å². The first-order valence-corrected chi connectivity index (χ1v) is 9.25. The van der Waals surface area contributed by atoms with Crippen molar-refractivity contribution in [3.63, 3.8) is 0 Å². The van der Waals surface area contributed by atoms with Gasteiger partial charge in [-0.15, -0.1) is 0 Å². The van der Waals surface area contributed by atoms with Crippen molar-refractivity contribution in [2.24, 2.45) is 14.1 Å². The minimum atomic E-state index is -0.282. The second-order valence-electron chi connectivity index (χ2n) is 6.34. The summed E-state index contributed by atoms with van der Waals surface area (Å²) in [5, 5.41) is 8.36. The van der Waals surface area contributed by atoms with Gasteiger partial charge in [0.2, 0.25) is 5.91 Å². The number of carbonyl (C=O) groups excluding carboxylic acids is 1. The van der Waals surface area contributed by atoms with Gasteiger partial charge >= 0.3 is 0 Å². The van der Waals surface area contributed by atoms with E-state index in [-0.39, 0.29) is 11.8 Å². The van der Waals surface area contributed by atoms with Gasteiger partial charge in [-0.05, 0) is 44.7 Å². The number of carbonyl (C=O) groups is 1. The van der Waals surface area contributed by atoms with E-state index in [1.807, 2.05) is 74.6 Å². The molecule has 136 valence electrons. The Morgan fingerprint density at radius 1 is 1.23 bits per heavy atom. The zero-order valence-electron chi connectivity index (χ0n) is 15.6. The average Bonchev–Trinajstić information content (AvgIpc) is 3.11. The molecule has 1 amide bonds. The predicted molar refractivity (Wildman–Crippen MR) is 103 cm³/mol. The maximum Gasteiger partial charge on any atom is 0.231 e. The lowest BCUT2D eigenvalue weighted by molar-refractivity contribution is -0.117. The Labute approximate surface area is 157 Å². The van der Waals surface area contributed by atoms with Crippen LogP contribution >= 0.6 is 11.8 Å². The quantitative estimate of drug-likeness (QED) is 0.745. The number of imidazole rings is 1. The highest BCUT2D eigenvalue weighted by atomic mass is 32.2. The van der Waals surface area contributed by atoms with E-state index in [1.165, 1.54) is 11.8 Å². The number of hydrogen-bond acceptors (Lipinski definition) is 4. The summed E-state index contributed by atoms with van der Waals surface area (Å²) in [6.07, 6.45) is 3.67. The molecule has 0 saturated carbocycles. The smallest absolute Gasteiger partial charge is 0.231 e. The maximum atomic E-state index is 12.9. The molecule has 0 aliphatic carbocycles. The van der Waals surface area contributed by atoms with Crippen LogP contribution in [0.5, 0.6) is 0 Å². The van der Waals surface area contributed by atoms with E-state index < -0.39 is 0 Å². The molecule has 1 aromatic carbocycles. The molecular weight excluding hydrogens is 346 g/mol. The van der Waals surface area contributed by atoms with E-state index >= 15 is 0 Å². The Bertz CT molecular complexity index is 943. The van der Waals surface area contributed by atoms with E-state index in [0.717, 1.165) is 32.7 Å². The van der Waals surface area contributed by atoms with Crippen molar-refractivity contribution < 1.29 is 4.79 Å². The molecule has 0 radical (unpaired) electrons. The van der Waals surface area contributed by atoms with Crippen LogP contribution in [0.25, 0.3) is 0 Å². The molecule has 0 aliphatic rings. The van der Waals surface area contributed by atoms with Gasteiger partial charge in [0.15, 0.2) is 5.16 Å². The molecule has 1 N–H and O–H groups in total. The van der Waals surface area contributed by atoms with E-state index in [9.17, 15) is 4.79 Å². The molecule has 0 spiro atoms. The fraction of sp³-hybridized carbons (Fsp3) is 0.316. The van der Waals surface area contributed by atoms with Crippen molar-refractivity contribution in [1.29, 1.82) is 0 Å². The molecular formula is C19H23N5OS. The lowest BCUT2D eigenvalue weighted by Crippen LogP contribution is -2.20. The number of rotatable bonds is 5. The summed E-state index contributed by atoms with van der Waals surface area (Å²) in [5.74, 6) is -0.327. The summed E-state index contributed by atoms with van der Waals surface area (Å²) in [7, 11) is 3.85. The Hall–Kier alpha value is -2.54. The summed E-state index contributed by atoms with van der Waals surface area (Å²) in [6, 6.07) is 7.78. The van der Waals surface area contributed by atoms with Crippen molar-refractivity contribution in [2.45, 2.75) is 36.7 Å². The number of hydrogen-bond donors (Lipinski definition) is 1. The molecule has 1 atom stereocenters. The summed E-state index contributed by atoms with van der Waals surface area (Å²) in [6.45, 7) is 5.85. The third-order valence-electron chi connectivity index (χ3n) is 4.51. The Morgan fingerprint density at radius 2 is 1.96 bits per heavy atom. The molecule has 3 rings (SSSR count). The van der Waals surface area contributed by atoms with Gasteiger partial charge in [0.1, 0.15) is 0 Å². The Kier molecular flexibility index (Phi) is 5.18. The highest BCUT2D eigenvalue weighted by Gasteiger charge is 2.23. The topological polar surface area (TPSA) is 64.7 Å². The van der Waals surface area contributed by atoms with Gasteiger partial charge < -0.3 is 9.88 Å². The lowest BCUT2D eigenvalue weighted by Gasteiger charge is -2.15. The minimum absolute atomic E-state index is 0.0444. The maximum absolute atomic E-state index is 12.9. The van der Waals surface area contributed by atoms with Crippen molar-refractivity contribution in [2.75, 3.05) is 5.32 Å². The number of amides is 1. The van der Waals surface area contributed by atoms with Gasteiger partial charge in [-0.25, -0.2) is 4.98 Å². The molecule has 0 unspecified atom stereocenters. The molecule has 2 aromatic heterocycles. The predicted octanol–water partition coefficient (Wildman–Crippen LogP) is 3.66. The lowest BCUT2D eigenvalue weighted by atomic mass is 9.98. The zero-order valence-corrected chi connectivity index (χ0v) is 16.5. The van der Waals surface area contributed by atoms with E-state index in [2.05, 4.69) is 15.4 Å². The monoisotopic (exact) mass is 369 g/mol. The van der Waals surface area contributed by atoms with Crippen molar-refractivity contribution in [1.82, 2.24) is 19.3 Å². The standard InChI is InChI=1S/C19H23N5OS/c1-12(17-13(2)22-24(5)14(17)3)18(25)21-15-8-6-7-9-16(15)26-19-20-10-11-23(19)4/h6-12H,1-5H3,(H,21,25)/t12-/m0/s1. The van der Waals surface area contributed by atoms with Crippen LogP contribution in [0.2, 0.25) is 0 Å². The molecule has 7 heteroatoms. The van der Waals surface area contributed by atoms with Gasteiger partial charge in [0.25, 0.3) is 0 Å². The van der Waals surface area contributed by atoms with Crippen molar-refractivity contribution >= 4 is 23.4 Å². The van der Waals surface area contributed by atoms with Crippen LogP contribution in [0.4, 0.5) is 5.69 Å². The van der Waals surface area contributed by atoms with E-state index in [0.29, 0.717) is 0 Å². The van der Waals surface area contributed by atoms with Crippen molar-refractivity contribution in [3.8, 4) is 0 Å². The van der Waals surface area contributed by atoms with Gasteiger partial charge in [-0.1, -0.05) is 12.1 Å². The number of anilines is 1. The second kappa shape index (κ2) is 7.37. The van der Waals surface area contributed by atoms with Crippen LogP contribution < -0.4 is 5.32 Å². The minimum Gasteiger partial charge on any atom is -0.329 e. The average molecular weight is 369 g/mol. The summed E-state index contributed by atoms with van der Waals surface area (Å²) < 4.78 is 3.77. The molecule has 0 bridgehead atoms. The number of nitrogens with zero attached hydrogens (tertiary/aromatic N) is 4. The van der Waals surface area contributed by atoms with E-state index in [1.54, 1.807) is 6.20 Å². The SMILES string of the molecule is Cc1nn(C)c(C)c1[C@H](C)C(=O)Nc1ccccc1Sc1nccn1C. The molecule has 3 aromatic rings. The number of para-hydroxylation sites is 1. The number of aromatic nitrogens is 4. The molecule has 0 saturated heterocycles. The fourth-order valence-electron chi connectivity index (χ4n) is 3.00. The molecule has 26 heavy (non-hydrogen) atoms. The van der Waals surface area contributed by atoms with Gasteiger partial charge in [0, 0.05) is 42.6 Å². The largest absolute Gasteiger partial charge is 0.329 e. The summed E-state index contributed by atoms with van der Waals surface area (Å²) in [5.41, 5.74) is 3.68. The van der Waals surface area contributed by atoms with Crippen LogP contribution in [-0.4, -0.2) is 25.2 Å². The van der Waals surface area contributed by atoms with E-state index in [4.69, 9.17) is 0 Å². The first-order chi connectivity index (χ1) is 12.4. The normalized spacial score (nSPS) is 12.2. The number of benzene rings is 1. The van der Waals surface area contributed by atoms with Gasteiger partial charge in [0.05, 0.1) is 17.3 Å². The Morgan fingerprint density at radius 3 is 2.58 bits per heavy atom. The van der Waals surface area contributed by atoms with Crippen LogP contribution in [-0.2, 0) is 18.9 Å². The second-order valence-corrected chi connectivity index (χ2v) is 7.35. The molecule has 0 fully saturated rings. The summed E-state index contributed by atoms with van der Waals surface area (Å²) >= 11 is 1.53. The number of aryl methyl sites for hydroxylation is 3. The molecule has 6 nitrogen and oxygen atoms in total. The highest BCUT2D eigenvalue weighted by Crippen LogP contribution is 2.33. The van der Waals surface area contributed by atoms with Crippen LogP contribution in [0.3, 0.4) is 0 Å².